The van der Waals surface area contributed by atoms with Crippen molar-refractivity contribution in [3.63, 3.8) is 0 Å². The van der Waals surface area contributed by atoms with Gasteiger partial charge in [0.25, 0.3) is 0 Å². The number of carbonyl (C=O) groups excluding carboxylic acids is 1. The molecule has 1 aromatic carbocycles. The van der Waals surface area contributed by atoms with Crippen molar-refractivity contribution in [1.29, 1.82) is 0 Å². The fourth-order valence-corrected chi connectivity index (χ4v) is 1.14. The Balaban J connectivity index is 3.09. The summed E-state index contributed by atoms with van der Waals surface area (Å²) in [4.78, 5) is 10.6. The van der Waals surface area contributed by atoms with Crippen LogP contribution in [-0.4, -0.2) is 18.4 Å². The Kier molecular flexibility index (Phi) is 3.48. The summed E-state index contributed by atoms with van der Waals surface area (Å²) in [5.74, 6) is 6.71. The van der Waals surface area contributed by atoms with E-state index < -0.39 is 0 Å². The van der Waals surface area contributed by atoms with Crippen molar-refractivity contribution in [1.82, 2.24) is 0 Å². The zero-order valence-electron chi connectivity index (χ0n) is 7.41. The predicted molar refractivity (Wildman–Crippen MR) is 59.3 cm³/mol. The molecule has 0 bridgehead atoms. The number of hydrogen-bond donors (Lipinski definition) is 0. The quantitative estimate of drug-likeness (QED) is 0.377. The highest BCUT2D eigenvalue weighted by Gasteiger charge is 1.94. The van der Waals surface area contributed by atoms with Gasteiger partial charge in [0.05, 0.1) is 0 Å². The van der Waals surface area contributed by atoms with E-state index in [1.165, 1.54) is 0 Å². The van der Waals surface area contributed by atoms with E-state index in [4.69, 9.17) is 0 Å². The average Bonchev–Trinajstić information content (AvgIpc) is 2.15. The van der Waals surface area contributed by atoms with Crippen LogP contribution in [0.5, 0.6) is 0 Å². The summed E-state index contributed by atoms with van der Waals surface area (Å²) in [6.45, 7) is 0. The Morgan fingerprint density at radius 1 is 1.46 bits per heavy atom. The SMILES string of the molecule is C=S(C)C#Cc1ccccc1C=O. The van der Waals surface area contributed by atoms with Crippen molar-refractivity contribution in [2.75, 3.05) is 6.26 Å². The summed E-state index contributed by atoms with van der Waals surface area (Å²) in [7, 11) is -0.153. The summed E-state index contributed by atoms with van der Waals surface area (Å²) in [5.41, 5.74) is 1.42. The minimum absolute atomic E-state index is 0.153. The fourth-order valence-electron chi connectivity index (χ4n) is 0.856. The molecule has 2 heteroatoms. The van der Waals surface area contributed by atoms with Crippen molar-refractivity contribution in [2.24, 2.45) is 0 Å². The molecular formula is C11H10OS. The molecule has 0 aliphatic carbocycles. The number of hydrogen-bond acceptors (Lipinski definition) is 1. The van der Waals surface area contributed by atoms with E-state index >= 15 is 0 Å². The molecule has 0 aliphatic rings. The van der Waals surface area contributed by atoms with Crippen LogP contribution < -0.4 is 0 Å². The van der Waals surface area contributed by atoms with E-state index in [-0.39, 0.29) is 10.5 Å². The van der Waals surface area contributed by atoms with Crippen molar-refractivity contribution >= 4 is 22.6 Å². The lowest BCUT2D eigenvalue weighted by atomic mass is 10.1. The second kappa shape index (κ2) is 4.64. The molecule has 0 saturated heterocycles. The smallest absolute Gasteiger partial charge is 0.151 e. The standard InChI is InChI=1S/C11H10OS/c1-13(2)8-7-10-5-3-4-6-11(10)9-12/h3-6,9H,1H2,2H3. The highest BCUT2D eigenvalue weighted by molar-refractivity contribution is 8.17. The molecule has 66 valence electrons. The minimum atomic E-state index is -0.153. The zero-order valence-corrected chi connectivity index (χ0v) is 8.23. The summed E-state index contributed by atoms with van der Waals surface area (Å²) in [6, 6.07) is 7.29. The largest absolute Gasteiger partial charge is 0.298 e. The third-order valence-electron chi connectivity index (χ3n) is 1.45. The number of rotatable bonds is 1. The van der Waals surface area contributed by atoms with Crippen molar-refractivity contribution in [2.45, 2.75) is 0 Å². The molecule has 1 unspecified atom stereocenters. The first-order valence-electron chi connectivity index (χ1n) is 3.75. The molecule has 0 fully saturated rings. The van der Waals surface area contributed by atoms with Crippen LogP contribution in [0.25, 0.3) is 0 Å². The number of carbonyl (C=O) groups is 1. The van der Waals surface area contributed by atoms with Crippen LogP contribution in [0.15, 0.2) is 24.3 Å². The van der Waals surface area contributed by atoms with Gasteiger partial charge in [-0.1, -0.05) is 30.0 Å². The van der Waals surface area contributed by atoms with Crippen molar-refractivity contribution in [3.05, 3.63) is 35.4 Å². The van der Waals surface area contributed by atoms with Gasteiger partial charge in [0.1, 0.15) is 0 Å². The van der Waals surface area contributed by atoms with E-state index in [0.29, 0.717) is 5.56 Å². The van der Waals surface area contributed by atoms with Gasteiger partial charge in [0.15, 0.2) is 6.29 Å². The third-order valence-corrected chi connectivity index (χ3v) is 1.90. The third kappa shape index (κ3) is 2.89. The van der Waals surface area contributed by atoms with Gasteiger partial charge < -0.3 is 0 Å². The molecule has 0 heterocycles. The van der Waals surface area contributed by atoms with Gasteiger partial charge in [-0.05, 0) is 17.6 Å². The van der Waals surface area contributed by atoms with Crippen LogP contribution >= 0.6 is 10.5 Å². The van der Waals surface area contributed by atoms with E-state index in [1.807, 2.05) is 24.5 Å². The van der Waals surface area contributed by atoms with Gasteiger partial charge in [-0.25, -0.2) is 0 Å². The van der Waals surface area contributed by atoms with Crippen LogP contribution in [0.3, 0.4) is 0 Å². The Morgan fingerprint density at radius 2 is 2.15 bits per heavy atom. The molecule has 1 rings (SSSR count). The summed E-state index contributed by atoms with van der Waals surface area (Å²) in [5, 5.41) is 2.94. The molecule has 1 aromatic rings. The first-order valence-corrected chi connectivity index (χ1v) is 5.55. The molecule has 0 radical (unpaired) electrons. The highest BCUT2D eigenvalue weighted by Crippen LogP contribution is 2.05. The van der Waals surface area contributed by atoms with Crippen molar-refractivity contribution in [3.8, 4) is 11.2 Å². The van der Waals surface area contributed by atoms with Crippen LogP contribution in [0, 0.1) is 11.2 Å². The molecular weight excluding hydrogens is 180 g/mol. The lowest BCUT2D eigenvalue weighted by Crippen LogP contribution is -1.84. The Bertz CT molecular complexity index is 396. The monoisotopic (exact) mass is 190 g/mol. The first kappa shape index (κ1) is 9.76. The first-order chi connectivity index (χ1) is 6.24. The van der Waals surface area contributed by atoms with Gasteiger partial charge in [0.2, 0.25) is 0 Å². The molecule has 0 N–H and O–H groups in total. The topological polar surface area (TPSA) is 17.1 Å². The molecule has 0 aromatic heterocycles. The van der Waals surface area contributed by atoms with Crippen LogP contribution in [-0.2, 0) is 0 Å². The summed E-state index contributed by atoms with van der Waals surface area (Å²) < 4.78 is 0. The maximum absolute atomic E-state index is 10.6. The second-order valence-electron chi connectivity index (χ2n) is 2.57. The normalized spacial score (nSPS) is 11.2. The second-order valence-corrected chi connectivity index (χ2v) is 4.05. The molecule has 1 nitrogen and oxygen atoms in total. The zero-order chi connectivity index (χ0) is 9.68. The van der Waals surface area contributed by atoms with Crippen LogP contribution in [0.4, 0.5) is 0 Å². The summed E-state index contributed by atoms with van der Waals surface area (Å²) in [6.07, 6.45) is 2.76. The van der Waals surface area contributed by atoms with Crippen LogP contribution in [0.1, 0.15) is 15.9 Å². The lowest BCUT2D eigenvalue weighted by molar-refractivity contribution is 0.112. The van der Waals surface area contributed by atoms with Gasteiger partial charge >= 0.3 is 0 Å². The summed E-state index contributed by atoms with van der Waals surface area (Å²) >= 11 is 0. The lowest BCUT2D eigenvalue weighted by Gasteiger charge is -1.93. The van der Waals surface area contributed by atoms with Gasteiger partial charge in [-0.15, -0.1) is 10.5 Å². The Labute approximate surface area is 80.7 Å². The highest BCUT2D eigenvalue weighted by atomic mass is 32.2. The molecule has 1 atom stereocenters. The minimum Gasteiger partial charge on any atom is -0.298 e. The molecule has 13 heavy (non-hydrogen) atoms. The average molecular weight is 190 g/mol. The molecule has 0 aliphatic heterocycles. The van der Waals surface area contributed by atoms with E-state index in [1.54, 1.807) is 6.07 Å². The van der Waals surface area contributed by atoms with Gasteiger partial charge in [-0.3, -0.25) is 4.79 Å². The van der Waals surface area contributed by atoms with E-state index in [2.05, 4.69) is 17.0 Å². The van der Waals surface area contributed by atoms with E-state index in [9.17, 15) is 4.79 Å². The fraction of sp³-hybridized carbons (Fsp3) is 0.0909. The molecule has 0 amide bonds. The van der Waals surface area contributed by atoms with E-state index in [0.717, 1.165) is 11.8 Å². The maximum Gasteiger partial charge on any atom is 0.151 e. The number of benzene rings is 1. The predicted octanol–water partition coefficient (Wildman–Crippen LogP) is 2.14. The van der Waals surface area contributed by atoms with Crippen LogP contribution in [0.2, 0.25) is 0 Å². The number of aldehydes is 1. The van der Waals surface area contributed by atoms with Gasteiger partial charge in [0, 0.05) is 11.1 Å². The van der Waals surface area contributed by atoms with Crippen molar-refractivity contribution < 1.29 is 4.79 Å². The molecule has 0 saturated carbocycles. The maximum atomic E-state index is 10.6. The van der Waals surface area contributed by atoms with Gasteiger partial charge in [-0.2, -0.15) is 0 Å². The molecule has 0 spiro atoms. The Morgan fingerprint density at radius 3 is 2.77 bits per heavy atom. The Hall–Kier alpha value is -1.33.